The number of nitrogens with zero attached hydrogens (tertiary/aromatic N) is 1. The summed E-state index contributed by atoms with van der Waals surface area (Å²) in [4.78, 5) is 14.5. The van der Waals surface area contributed by atoms with Gasteiger partial charge in [-0.15, -0.1) is 0 Å². The molecule has 1 amide bonds. The third kappa shape index (κ3) is 4.35. The molecule has 1 aliphatic heterocycles. The number of rotatable bonds is 6. The number of carbonyl (C=O) groups is 1. The molecule has 154 valence electrons. The van der Waals surface area contributed by atoms with Crippen molar-refractivity contribution in [1.82, 2.24) is 10.2 Å². The molecule has 1 aliphatic carbocycles. The van der Waals surface area contributed by atoms with E-state index in [4.69, 9.17) is 0 Å². The van der Waals surface area contributed by atoms with Gasteiger partial charge in [-0.25, -0.2) is 8.78 Å². The molecule has 2 aliphatic rings. The molecule has 1 heterocycles. The van der Waals surface area contributed by atoms with Crippen molar-refractivity contribution >= 4 is 5.91 Å². The summed E-state index contributed by atoms with van der Waals surface area (Å²) in [7, 11) is 0. The Morgan fingerprint density at radius 1 is 1.00 bits per heavy atom. The predicted molar refractivity (Wildman–Crippen MR) is 110 cm³/mol. The Balaban J connectivity index is 1.16. The van der Waals surface area contributed by atoms with Crippen molar-refractivity contribution < 1.29 is 13.6 Å². The van der Waals surface area contributed by atoms with Gasteiger partial charge in [0.15, 0.2) is 11.6 Å². The summed E-state index contributed by atoms with van der Waals surface area (Å²) in [6, 6.07) is 12.2. The number of halogens is 2. The van der Waals surface area contributed by atoms with Crippen LogP contribution in [-0.2, 0) is 11.8 Å². The minimum absolute atomic E-state index is 0.155. The zero-order valence-electron chi connectivity index (χ0n) is 16.7. The second-order valence-electron chi connectivity index (χ2n) is 8.37. The van der Waals surface area contributed by atoms with Gasteiger partial charge in [-0.3, -0.25) is 4.79 Å². The number of amides is 1. The Hall–Kier alpha value is -2.27. The van der Waals surface area contributed by atoms with Gasteiger partial charge in [0, 0.05) is 12.1 Å². The molecule has 0 atom stereocenters. The van der Waals surface area contributed by atoms with Crippen LogP contribution in [0.2, 0.25) is 0 Å². The molecule has 4 rings (SSSR count). The third-order valence-electron chi connectivity index (χ3n) is 6.64. The summed E-state index contributed by atoms with van der Waals surface area (Å²) in [6.45, 7) is 3.85. The molecule has 0 saturated carbocycles. The number of fused-ring (bicyclic) bond motifs is 2. The Kier molecular flexibility index (Phi) is 5.95. The minimum Gasteiger partial charge on any atom is -0.352 e. The maximum absolute atomic E-state index is 13.2. The zero-order chi connectivity index (χ0) is 20.3. The molecule has 0 aromatic heterocycles. The molecule has 2 aromatic rings. The maximum atomic E-state index is 13.2. The quantitative estimate of drug-likeness (QED) is 0.729. The van der Waals surface area contributed by atoms with E-state index in [1.165, 1.54) is 37.3 Å². The van der Waals surface area contributed by atoms with Crippen LogP contribution >= 0.6 is 0 Å². The molecule has 1 fully saturated rings. The molecule has 1 spiro atoms. The predicted octanol–water partition coefficient (Wildman–Crippen LogP) is 4.45. The number of hydrogen-bond donors (Lipinski definition) is 1. The fraction of sp³-hybridized carbons (Fsp3) is 0.458. The van der Waals surface area contributed by atoms with E-state index in [9.17, 15) is 13.6 Å². The topological polar surface area (TPSA) is 32.3 Å². The first-order chi connectivity index (χ1) is 14.1. The number of aryl methyl sites for hydroxylation is 1. The molecule has 5 heteroatoms. The van der Waals surface area contributed by atoms with Crippen molar-refractivity contribution in [2.75, 3.05) is 26.2 Å². The van der Waals surface area contributed by atoms with Crippen molar-refractivity contribution in [3.63, 3.8) is 0 Å². The number of piperidine rings is 1. The number of unbranched alkanes of at least 4 members (excludes halogenated alkanes) is 1. The van der Waals surface area contributed by atoms with Crippen LogP contribution in [0.5, 0.6) is 0 Å². The SMILES string of the molecule is O=C(NCCCCN1CCC2(CCc3ccccc32)CC1)c1ccc(F)c(F)c1. The molecule has 3 nitrogen and oxygen atoms in total. The summed E-state index contributed by atoms with van der Waals surface area (Å²) in [5.74, 6) is -2.29. The van der Waals surface area contributed by atoms with E-state index in [0.717, 1.165) is 44.6 Å². The lowest BCUT2D eigenvalue weighted by Crippen LogP contribution is -2.42. The molecule has 1 N–H and O–H groups in total. The van der Waals surface area contributed by atoms with Crippen molar-refractivity contribution in [2.45, 2.75) is 43.9 Å². The van der Waals surface area contributed by atoms with E-state index in [2.05, 4.69) is 34.5 Å². The van der Waals surface area contributed by atoms with Crippen LogP contribution < -0.4 is 5.32 Å². The second-order valence-corrected chi connectivity index (χ2v) is 8.37. The van der Waals surface area contributed by atoms with Gasteiger partial charge in [0.1, 0.15) is 0 Å². The highest BCUT2D eigenvalue weighted by Gasteiger charge is 2.40. The smallest absolute Gasteiger partial charge is 0.251 e. The van der Waals surface area contributed by atoms with Gasteiger partial charge in [0.05, 0.1) is 0 Å². The molecule has 0 radical (unpaired) electrons. The Morgan fingerprint density at radius 3 is 2.59 bits per heavy atom. The molecule has 0 bridgehead atoms. The largest absolute Gasteiger partial charge is 0.352 e. The van der Waals surface area contributed by atoms with Crippen molar-refractivity contribution in [3.05, 3.63) is 70.8 Å². The van der Waals surface area contributed by atoms with Gasteiger partial charge in [0.2, 0.25) is 0 Å². The average Bonchev–Trinajstić information content (AvgIpc) is 3.09. The minimum atomic E-state index is -0.995. The maximum Gasteiger partial charge on any atom is 0.251 e. The lowest BCUT2D eigenvalue weighted by molar-refractivity contribution is 0.0951. The molecule has 2 aromatic carbocycles. The number of hydrogen-bond acceptors (Lipinski definition) is 2. The van der Waals surface area contributed by atoms with E-state index < -0.39 is 11.6 Å². The first kappa shape index (κ1) is 20.0. The molecule has 1 saturated heterocycles. The van der Waals surface area contributed by atoms with E-state index >= 15 is 0 Å². The third-order valence-corrected chi connectivity index (χ3v) is 6.64. The van der Waals surface area contributed by atoms with Crippen LogP contribution in [0.15, 0.2) is 42.5 Å². The highest BCUT2D eigenvalue weighted by atomic mass is 19.2. The number of carbonyl (C=O) groups excluding carboxylic acids is 1. The van der Waals surface area contributed by atoms with Crippen LogP contribution in [0.1, 0.15) is 53.6 Å². The second kappa shape index (κ2) is 8.62. The Morgan fingerprint density at radius 2 is 1.79 bits per heavy atom. The fourth-order valence-corrected chi connectivity index (χ4v) is 4.89. The molecule has 0 unspecified atom stereocenters. The summed E-state index contributed by atoms with van der Waals surface area (Å²) < 4.78 is 26.2. The highest BCUT2D eigenvalue weighted by molar-refractivity contribution is 5.94. The van der Waals surface area contributed by atoms with Crippen molar-refractivity contribution in [3.8, 4) is 0 Å². The van der Waals surface area contributed by atoms with Crippen LogP contribution in [0.25, 0.3) is 0 Å². The number of benzene rings is 2. The summed E-state index contributed by atoms with van der Waals surface area (Å²) >= 11 is 0. The summed E-state index contributed by atoms with van der Waals surface area (Å²) in [6.07, 6.45) is 6.86. The van der Waals surface area contributed by atoms with E-state index in [1.807, 2.05) is 0 Å². The van der Waals surface area contributed by atoms with Crippen molar-refractivity contribution in [1.29, 1.82) is 0 Å². The van der Waals surface area contributed by atoms with Gasteiger partial charge < -0.3 is 10.2 Å². The van der Waals surface area contributed by atoms with Gasteiger partial charge >= 0.3 is 0 Å². The zero-order valence-corrected chi connectivity index (χ0v) is 16.7. The van der Waals surface area contributed by atoms with Crippen molar-refractivity contribution in [2.24, 2.45) is 0 Å². The standard InChI is InChI=1S/C24H28F2N2O/c25-21-8-7-19(17-22(21)26)23(29)27-13-3-4-14-28-15-11-24(12-16-28)10-9-18-5-1-2-6-20(18)24/h1-2,5-8,17H,3-4,9-16H2,(H,27,29). The molecule has 29 heavy (non-hydrogen) atoms. The normalized spacial score (nSPS) is 18.0. The highest BCUT2D eigenvalue weighted by Crippen LogP contribution is 2.46. The van der Waals surface area contributed by atoms with Gasteiger partial charge in [0.25, 0.3) is 5.91 Å². The van der Waals surface area contributed by atoms with E-state index in [-0.39, 0.29) is 11.5 Å². The van der Waals surface area contributed by atoms with Gasteiger partial charge in [-0.05, 0) is 92.9 Å². The Bertz CT molecular complexity index is 875. The first-order valence-electron chi connectivity index (χ1n) is 10.6. The molecular formula is C24H28F2N2O. The fourth-order valence-electron chi connectivity index (χ4n) is 4.89. The summed E-state index contributed by atoms with van der Waals surface area (Å²) in [5.41, 5.74) is 3.67. The van der Waals surface area contributed by atoms with E-state index in [1.54, 1.807) is 5.56 Å². The number of likely N-dealkylation sites (tertiary alicyclic amines) is 1. The summed E-state index contributed by atoms with van der Waals surface area (Å²) in [5, 5.41) is 2.79. The van der Waals surface area contributed by atoms with Crippen LogP contribution in [0.4, 0.5) is 8.78 Å². The van der Waals surface area contributed by atoms with Gasteiger partial charge in [-0.1, -0.05) is 24.3 Å². The van der Waals surface area contributed by atoms with Crippen LogP contribution in [0, 0.1) is 11.6 Å². The van der Waals surface area contributed by atoms with Gasteiger partial charge in [-0.2, -0.15) is 0 Å². The average molecular weight is 398 g/mol. The lowest BCUT2D eigenvalue weighted by atomic mass is 9.74. The number of nitrogens with one attached hydrogen (secondary N) is 1. The monoisotopic (exact) mass is 398 g/mol. The lowest BCUT2D eigenvalue weighted by Gasteiger charge is -2.40. The van der Waals surface area contributed by atoms with E-state index in [0.29, 0.717) is 12.0 Å². The molecular weight excluding hydrogens is 370 g/mol. The van der Waals surface area contributed by atoms with Crippen LogP contribution in [-0.4, -0.2) is 37.0 Å². The van der Waals surface area contributed by atoms with Crippen LogP contribution in [0.3, 0.4) is 0 Å². The Labute approximate surface area is 171 Å². The first-order valence-corrected chi connectivity index (χ1v) is 10.6.